The van der Waals surface area contributed by atoms with Gasteiger partial charge in [0.15, 0.2) is 0 Å². The second-order valence-corrected chi connectivity index (χ2v) is 7.23. The first-order valence-corrected chi connectivity index (χ1v) is 9.99. The van der Waals surface area contributed by atoms with Gasteiger partial charge in [0.1, 0.15) is 24.2 Å². The van der Waals surface area contributed by atoms with E-state index in [1.165, 1.54) is 12.7 Å². The largest absolute Gasteiger partial charge is 0.494 e. The number of fused-ring (bicyclic) bond motifs is 1. The molecule has 1 aliphatic carbocycles. The lowest BCUT2D eigenvalue weighted by atomic mass is 9.94. The van der Waals surface area contributed by atoms with Crippen molar-refractivity contribution in [2.24, 2.45) is 0 Å². The second kappa shape index (κ2) is 8.04. The minimum absolute atomic E-state index is 0.0125. The zero-order valence-electron chi connectivity index (χ0n) is 16.4. The number of para-hydroxylation sites is 1. The van der Waals surface area contributed by atoms with E-state index < -0.39 is 6.04 Å². The average molecular weight is 382 g/mol. The summed E-state index contributed by atoms with van der Waals surface area (Å²) in [5, 5.41) is 7.56. The Morgan fingerprint density at radius 1 is 1.25 bits per heavy atom. The number of hydrogen-bond donors (Lipinski definition) is 1. The third-order valence-corrected chi connectivity index (χ3v) is 5.35. The Labute approximate surface area is 164 Å². The van der Waals surface area contributed by atoms with Crippen LogP contribution in [0.2, 0.25) is 0 Å². The first-order chi connectivity index (χ1) is 13.7. The SMILES string of the molecule is CCOc1ccccc1[C@@H]1C(C(=O)OC2CCCCC2)=C(C)Nc2ncnn21. The van der Waals surface area contributed by atoms with Crippen molar-refractivity contribution >= 4 is 11.9 Å². The highest BCUT2D eigenvalue weighted by Gasteiger charge is 2.36. The number of nitrogens with zero attached hydrogens (tertiary/aromatic N) is 3. The van der Waals surface area contributed by atoms with Crippen molar-refractivity contribution in [3.8, 4) is 5.75 Å². The lowest BCUT2D eigenvalue weighted by Crippen LogP contribution is -2.32. The van der Waals surface area contributed by atoms with Gasteiger partial charge < -0.3 is 14.8 Å². The predicted octanol–water partition coefficient (Wildman–Crippen LogP) is 3.84. The molecule has 148 valence electrons. The van der Waals surface area contributed by atoms with Crippen molar-refractivity contribution < 1.29 is 14.3 Å². The zero-order chi connectivity index (χ0) is 19.5. The van der Waals surface area contributed by atoms with Crippen molar-refractivity contribution in [1.29, 1.82) is 0 Å². The number of benzene rings is 1. The van der Waals surface area contributed by atoms with Crippen LogP contribution in [-0.4, -0.2) is 33.4 Å². The Morgan fingerprint density at radius 3 is 2.82 bits per heavy atom. The molecule has 1 atom stereocenters. The Morgan fingerprint density at radius 2 is 2.04 bits per heavy atom. The van der Waals surface area contributed by atoms with Gasteiger partial charge in [-0.05, 0) is 45.6 Å². The van der Waals surface area contributed by atoms with Crippen molar-refractivity contribution in [3.63, 3.8) is 0 Å². The van der Waals surface area contributed by atoms with Crippen LogP contribution in [0.3, 0.4) is 0 Å². The third kappa shape index (κ3) is 3.48. The number of hydrogen-bond acceptors (Lipinski definition) is 6. The average Bonchev–Trinajstić information content (AvgIpc) is 3.16. The molecule has 1 aromatic carbocycles. The summed E-state index contributed by atoms with van der Waals surface area (Å²) in [6.07, 6.45) is 6.77. The summed E-state index contributed by atoms with van der Waals surface area (Å²) in [4.78, 5) is 17.5. The highest BCUT2D eigenvalue weighted by Crippen LogP contribution is 2.39. The molecule has 1 aliphatic heterocycles. The third-order valence-electron chi connectivity index (χ3n) is 5.35. The molecule has 1 saturated carbocycles. The lowest BCUT2D eigenvalue weighted by Gasteiger charge is -2.30. The molecule has 28 heavy (non-hydrogen) atoms. The molecule has 7 heteroatoms. The van der Waals surface area contributed by atoms with Crippen molar-refractivity contribution in [2.75, 3.05) is 11.9 Å². The number of carbonyl (C=O) groups excluding carboxylic acids is 1. The molecule has 2 aliphatic rings. The number of nitrogens with one attached hydrogen (secondary N) is 1. The number of rotatable bonds is 5. The fourth-order valence-corrected chi connectivity index (χ4v) is 4.03. The van der Waals surface area contributed by atoms with Gasteiger partial charge in [0.05, 0.1) is 12.2 Å². The van der Waals surface area contributed by atoms with Crippen LogP contribution in [-0.2, 0) is 9.53 Å². The van der Waals surface area contributed by atoms with E-state index in [0.717, 1.165) is 42.7 Å². The van der Waals surface area contributed by atoms with Gasteiger partial charge in [-0.3, -0.25) is 0 Å². The van der Waals surface area contributed by atoms with Gasteiger partial charge in [0.25, 0.3) is 0 Å². The van der Waals surface area contributed by atoms with Crippen LogP contribution in [0.4, 0.5) is 5.95 Å². The van der Waals surface area contributed by atoms with E-state index in [0.29, 0.717) is 18.1 Å². The molecule has 0 radical (unpaired) electrons. The van der Waals surface area contributed by atoms with E-state index in [-0.39, 0.29) is 12.1 Å². The maximum atomic E-state index is 13.2. The highest BCUT2D eigenvalue weighted by atomic mass is 16.5. The van der Waals surface area contributed by atoms with Crippen LogP contribution in [0.15, 0.2) is 41.9 Å². The van der Waals surface area contributed by atoms with E-state index in [1.807, 2.05) is 38.1 Å². The smallest absolute Gasteiger partial charge is 0.338 e. The lowest BCUT2D eigenvalue weighted by molar-refractivity contribution is -0.146. The van der Waals surface area contributed by atoms with Crippen LogP contribution in [0.5, 0.6) is 5.75 Å². The summed E-state index contributed by atoms with van der Waals surface area (Å²) < 4.78 is 13.5. The minimum atomic E-state index is -0.447. The van der Waals surface area contributed by atoms with E-state index in [4.69, 9.17) is 9.47 Å². The molecular weight excluding hydrogens is 356 g/mol. The van der Waals surface area contributed by atoms with Crippen LogP contribution in [0.1, 0.15) is 57.6 Å². The summed E-state index contributed by atoms with van der Waals surface area (Å²) in [5.41, 5.74) is 2.15. The Hall–Kier alpha value is -2.83. The van der Waals surface area contributed by atoms with Gasteiger partial charge in [-0.2, -0.15) is 10.1 Å². The molecule has 0 unspecified atom stereocenters. The van der Waals surface area contributed by atoms with Crippen LogP contribution in [0.25, 0.3) is 0 Å². The fourth-order valence-electron chi connectivity index (χ4n) is 4.03. The number of ether oxygens (including phenoxy) is 2. The van der Waals surface area contributed by atoms with Crippen LogP contribution >= 0.6 is 0 Å². The van der Waals surface area contributed by atoms with Gasteiger partial charge in [-0.15, -0.1) is 0 Å². The molecule has 0 saturated heterocycles. The van der Waals surface area contributed by atoms with Gasteiger partial charge >= 0.3 is 5.97 Å². The van der Waals surface area contributed by atoms with Gasteiger partial charge in [0.2, 0.25) is 5.95 Å². The molecule has 1 fully saturated rings. The standard InChI is InChI=1S/C21H26N4O3/c1-3-27-17-12-8-7-11-16(17)19-18(14(2)24-21-22-13-23-25(19)21)20(26)28-15-9-5-4-6-10-15/h7-8,11-13,15,19H,3-6,9-10H2,1-2H3,(H,22,23,24)/t19-/m1/s1. The molecule has 2 heterocycles. The highest BCUT2D eigenvalue weighted by molar-refractivity contribution is 5.92. The van der Waals surface area contributed by atoms with Gasteiger partial charge in [0, 0.05) is 11.3 Å². The second-order valence-electron chi connectivity index (χ2n) is 7.23. The van der Waals surface area contributed by atoms with E-state index >= 15 is 0 Å². The molecule has 2 aromatic rings. The van der Waals surface area contributed by atoms with Crippen molar-refractivity contribution in [2.45, 2.75) is 58.1 Å². The van der Waals surface area contributed by atoms with Gasteiger partial charge in [-0.1, -0.05) is 24.6 Å². The normalized spacial score (nSPS) is 19.7. The molecule has 7 nitrogen and oxygen atoms in total. The van der Waals surface area contributed by atoms with E-state index in [9.17, 15) is 4.79 Å². The maximum Gasteiger partial charge on any atom is 0.338 e. The van der Waals surface area contributed by atoms with Crippen molar-refractivity contribution in [1.82, 2.24) is 14.8 Å². The Bertz CT molecular complexity index is 883. The molecule has 4 rings (SSSR count). The fraction of sp³-hybridized carbons (Fsp3) is 0.476. The molecule has 1 aromatic heterocycles. The number of esters is 1. The predicted molar refractivity (Wildman–Crippen MR) is 105 cm³/mol. The summed E-state index contributed by atoms with van der Waals surface area (Å²) in [6, 6.07) is 7.30. The minimum Gasteiger partial charge on any atom is -0.494 e. The first-order valence-electron chi connectivity index (χ1n) is 9.99. The van der Waals surface area contributed by atoms with Crippen LogP contribution in [0, 0.1) is 0 Å². The topological polar surface area (TPSA) is 78.3 Å². The summed E-state index contributed by atoms with van der Waals surface area (Å²) in [5.74, 6) is 1.03. The van der Waals surface area contributed by atoms with E-state index in [2.05, 4.69) is 15.4 Å². The number of anilines is 1. The first kappa shape index (κ1) is 18.5. The quantitative estimate of drug-likeness (QED) is 0.792. The molecule has 0 spiro atoms. The summed E-state index contributed by atoms with van der Waals surface area (Å²) in [6.45, 7) is 4.36. The molecule has 1 N–H and O–H groups in total. The van der Waals surface area contributed by atoms with Crippen LogP contribution < -0.4 is 10.1 Å². The molecule has 0 amide bonds. The summed E-state index contributed by atoms with van der Waals surface area (Å²) in [7, 11) is 0. The zero-order valence-corrected chi connectivity index (χ0v) is 16.4. The van der Waals surface area contributed by atoms with Gasteiger partial charge in [-0.25, -0.2) is 9.48 Å². The monoisotopic (exact) mass is 382 g/mol. The number of aromatic nitrogens is 3. The van der Waals surface area contributed by atoms with E-state index in [1.54, 1.807) is 4.68 Å². The number of carbonyl (C=O) groups is 1. The summed E-state index contributed by atoms with van der Waals surface area (Å²) >= 11 is 0. The number of allylic oxidation sites excluding steroid dienone is 1. The Balaban J connectivity index is 1.73. The Kier molecular flexibility index (Phi) is 5.32. The van der Waals surface area contributed by atoms with Crippen molar-refractivity contribution in [3.05, 3.63) is 47.4 Å². The maximum absolute atomic E-state index is 13.2. The molecule has 0 bridgehead atoms. The molecular formula is C21H26N4O3.